The van der Waals surface area contributed by atoms with Crippen LogP contribution in [0.15, 0.2) is 71.7 Å². The van der Waals surface area contributed by atoms with E-state index in [1.807, 2.05) is 30.3 Å². The summed E-state index contributed by atoms with van der Waals surface area (Å²) in [4.78, 5) is 24.5. The Morgan fingerprint density at radius 3 is 2.45 bits per heavy atom. The van der Waals surface area contributed by atoms with Crippen LogP contribution in [0.3, 0.4) is 0 Å². The highest BCUT2D eigenvalue weighted by Crippen LogP contribution is 2.28. The first-order valence-electron chi connectivity index (χ1n) is 11.4. The highest BCUT2D eigenvalue weighted by molar-refractivity contribution is 5.94. The topological polar surface area (TPSA) is 69.6 Å². The van der Waals surface area contributed by atoms with Crippen molar-refractivity contribution in [3.63, 3.8) is 0 Å². The molecule has 174 valence electrons. The smallest absolute Gasteiger partial charge is 0.251 e. The average Bonchev–Trinajstić information content (AvgIpc) is 2.84. The number of unbranched alkanes of at least 4 members (excludes halogenated alkanes) is 3. The number of hydrogen-bond donors (Lipinski definition) is 1. The van der Waals surface area contributed by atoms with Gasteiger partial charge in [-0.3, -0.25) is 9.59 Å². The number of aromatic nitrogens is 1. The first kappa shape index (κ1) is 24.1. The monoisotopic (exact) mass is 448 g/mol. The summed E-state index contributed by atoms with van der Waals surface area (Å²) >= 11 is 0. The Kier molecular flexibility index (Phi) is 9.12. The number of carbonyl (C=O) groups is 1. The molecule has 0 saturated carbocycles. The molecule has 3 rings (SSSR count). The van der Waals surface area contributed by atoms with Crippen molar-refractivity contribution in [2.75, 3.05) is 13.7 Å². The van der Waals surface area contributed by atoms with Gasteiger partial charge in [-0.25, -0.2) is 0 Å². The lowest BCUT2D eigenvalue weighted by Gasteiger charge is -2.12. The Morgan fingerprint density at radius 1 is 0.939 bits per heavy atom. The van der Waals surface area contributed by atoms with Crippen LogP contribution >= 0.6 is 0 Å². The summed E-state index contributed by atoms with van der Waals surface area (Å²) in [5.41, 5.74) is 2.49. The molecule has 6 heteroatoms. The lowest BCUT2D eigenvalue weighted by atomic mass is 10.1. The molecule has 3 aromatic rings. The number of nitrogens with one attached hydrogen (secondary N) is 1. The minimum atomic E-state index is -0.178. The standard InChI is InChI=1S/C27H32N2O4/c1-3-4-5-8-17-33-24-15-14-23(18-25(24)32-2)27(31)28-19-21-10-12-22(13-11-21)20-29-16-7-6-9-26(29)30/h6-7,9-16,18H,3-5,8,17,19-20H2,1-2H3,(H,28,31). The fourth-order valence-electron chi connectivity index (χ4n) is 3.47. The van der Waals surface area contributed by atoms with Gasteiger partial charge in [0.1, 0.15) is 0 Å². The van der Waals surface area contributed by atoms with Gasteiger partial charge in [-0.2, -0.15) is 0 Å². The number of methoxy groups -OCH3 is 1. The van der Waals surface area contributed by atoms with E-state index in [0.29, 0.717) is 36.8 Å². The summed E-state index contributed by atoms with van der Waals surface area (Å²) in [6.07, 6.45) is 6.31. The molecule has 0 bridgehead atoms. The van der Waals surface area contributed by atoms with Crippen molar-refractivity contribution in [2.45, 2.75) is 45.7 Å². The van der Waals surface area contributed by atoms with Crippen molar-refractivity contribution in [1.82, 2.24) is 9.88 Å². The Morgan fingerprint density at radius 2 is 1.73 bits per heavy atom. The fraction of sp³-hybridized carbons (Fsp3) is 0.333. The average molecular weight is 449 g/mol. The number of benzene rings is 2. The number of amides is 1. The van der Waals surface area contributed by atoms with Crippen LogP contribution in [0.1, 0.15) is 54.1 Å². The van der Waals surface area contributed by atoms with Gasteiger partial charge in [-0.05, 0) is 41.8 Å². The van der Waals surface area contributed by atoms with E-state index in [0.717, 1.165) is 24.0 Å². The second kappa shape index (κ2) is 12.5. The molecule has 1 N–H and O–H groups in total. The minimum absolute atomic E-state index is 0.0304. The van der Waals surface area contributed by atoms with Crippen molar-refractivity contribution < 1.29 is 14.3 Å². The zero-order chi connectivity index (χ0) is 23.5. The van der Waals surface area contributed by atoms with Crippen LogP contribution < -0.4 is 20.3 Å². The van der Waals surface area contributed by atoms with Crippen LogP contribution in [0.5, 0.6) is 11.5 Å². The summed E-state index contributed by atoms with van der Waals surface area (Å²) in [7, 11) is 1.58. The summed E-state index contributed by atoms with van der Waals surface area (Å²) in [5.74, 6) is 1.03. The first-order valence-corrected chi connectivity index (χ1v) is 11.4. The molecule has 0 atom stereocenters. The number of ether oxygens (including phenoxy) is 2. The van der Waals surface area contributed by atoms with E-state index in [1.165, 1.54) is 12.8 Å². The molecule has 0 saturated heterocycles. The van der Waals surface area contributed by atoms with Crippen LogP contribution in [0.4, 0.5) is 0 Å². The zero-order valence-electron chi connectivity index (χ0n) is 19.4. The van der Waals surface area contributed by atoms with Crippen molar-refractivity contribution in [3.8, 4) is 11.5 Å². The molecule has 0 spiro atoms. The maximum absolute atomic E-state index is 12.6. The molecule has 0 fully saturated rings. The van der Waals surface area contributed by atoms with Gasteiger partial charge in [0, 0.05) is 24.4 Å². The van der Waals surface area contributed by atoms with Crippen molar-refractivity contribution in [1.29, 1.82) is 0 Å². The highest BCUT2D eigenvalue weighted by atomic mass is 16.5. The van der Waals surface area contributed by atoms with Crippen molar-refractivity contribution >= 4 is 5.91 Å². The normalized spacial score (nSPS) is 10.6. The zero-order valence-corrected chi connectivity index (χ0v) is 19.4. The van der Waals surface area contributed by atoms with E-state index in [1.54, 1.807) is 48.2 Å². The number of hydrogen-bond acceptors (Lipinski definition) is 4. The van der Waals surface area contributed by atoms with E-state index in [4.69, 9.17) is 9.47 Å². The molecular weight excluding hydrogens is 416 g/mol. The Bertz CT molecular complexity index is 1090. The van der Waals surface area contributed by atoms with Crippen LogP contribution in [0.2, 0.25) is 0 Å². The van der Waals surface area contributed by atoms with Gasteiger partial charge >= 0.3 is 0 Å². The summed E-state index contributed by atoms with van der Waals surface area (Å²) in [6, 6.07) is 18.2. The number of carbonyl (C=O) groups excluding carboxylic acids is 1. The predicted molar refractivity (Wildman–Crippen MR) is 130 cm³/mol. The molecule has 33 heavy (non-hydrogen) atoms. The highest BCUT2D eigenvalue weighted by Gasteiger charge is 2.11. The van der Waals surface area contributed by atoms with E-state index < -0.39 is 0 Å². The quantitative estimate of drug-likeness (QED) is 0.404. The van der Waals surface area contributed by atoms with Gasteiger partial charge in [0.2, 0.25) is 0 Å². The summed E-state index contributed by atoms with van der Waals surface area (Å²) in [6.45, 7) is 3.73. The van der Waals surface area contributed by atoms with Crippen LogP contribution in [-0.4, -0.2) is 24.2 Å². The molecule has 2 aromatic carbocycles. The molecule has 0 unspecified atom stereocenters. The second-order valence-electron chi connectivity index (χ2n) is 7.94. The third-order valence-electron chi connectivity index (χ3n) is 5.41. The van der Waals surface area contributed by atoms with E-state index in [-0.39, 0.29) is 11.5 Å². The predicted octanol–water partition coefficient (Wildman–Crippen LogP) is 4.79. The summed E-state index contributed by atoms with van der Waals surface area (Å²) in [5, 5.41) is 2.94. The fourth-order valence-corrected chi connectivity index (χ4v) is 3.47. The number of pyridine rings is 1. The minimum Gasteiger partial charge on any atom is -0.493 e. The number of nitrogens with zero attached hydrogens (tertiary/aromatic N) is 1. The molecule has 0 aliphatic carbocycles. The molecule has 0 aliphatic heterocycles. The van der Waals surface area contributed by atoms with Gasteiger partial charge in [-0.15, -0.1) is 0 Å². The Labute approximate surface area is 195 Å². The molecule has 6 nitrogen and oxygen atoms in total. The van der Waals surface area contributed by atoms with Gasteiger partial charge in [0.15, 0.2) is 11.5 Å². The largest absolute Gasteiger partial charge is 0.493 e. The number of rotatable bonds is 12. The van der Waals surface area contributed by atoms with Crippen LogP contribution in [0.25, 0.3) is 0 Å². The molecular formula is C27H32N2O4. The van der Waals surface area contributed by atoms with Crippen molar-refractivity contribution in [2.24, 2.45) is 0 Å². The van der Waals surface area contributed by atoms with Gasteiger partial charge in [0.25, 0.3) is 11.5 Å². The maximum Gasteiger partial charge on any atom is 0.251 e. The van der Waals surface area contributed by atoms with Crippen LogP contribution in [0, 0.1) is 0 Å². The molecule has 0 radical (unpaired) electrons. The van der Waals surface area contributed by atoms with E-state index in [2.05, 4.69) is 12.2 Å². The first-order chi connectivity index (χ1) is 16.1. The van der Waals surface area contributed by atoms with Gasteiger partial charge in [0.05, 0.1) is 20.3 Å². The molecule has 1 heterocycles. The molecule has 0 aliphatic rings. The lowest BCUT2D eigenvalue weighted by molar-refractivity contribution is 0.0950. The third kappa shape index (κ3) is 7.24. The second-order valence-corrected chi connectivity index (χ2v) is 7.94. The van der Waals surface area contributed by atoms with E-state index >= 15 is 0 Å². The van der Waals surface area contributed by atoms with E-state index in [9.17, 15) is 9.59 Å². The Hall–Kier alpha value is -3.54. The van der Waals surface area contributed by atoms with Crippen LogP contribution in [-0.2, 0) is 13.1 Å². The third-order valence-corrected chi connectivity index (χ3v) is 5.41. The maximum atomic E-state index is 12.6. The molecule has 1 amide bonds. The van der Waals surface area contributed by atoms with Crippen molar-refractivity contribution in [3.05, 3.63) is 93.9 Å². The lowest BCUT2D eigenvalue weighted by Crippen LogP contribution is -2.23. The van der Waals surface area contributed by atoms with Gasteiger partial charge in [-0.1, -0.05) is 56.5 Å². The Balaban J connectivity index is 1.53. The molecule has 1 aromatic heterocycles. The SMILES string of the molecule is CCCCCCOc1ccc(C(=O)NCc2ccc(Cn3ccccc3=O)cc2)cc1OC. The summed E-state index contributed by atoms with van der Waals surface area (Å²) < 4.78 is 12.9. The van der Waals surface area contributed by atoms with Gasteiger partial charge < -0.3 is 19.4 Å².